The minimum atomic E-state index is -1.01. The zero-order valence-electron chi connectivity index (χ0n) is 15.8. The van der Waals surface area contributed by atoms with Gasteiger partial charge in [-0.2, -0.15) is 0 Å². The lowest BCUT2D eigenvalue weighted by Gasteiger charge is -2.17. The number of nitrogens with zero attached hydrogens (tertiary/aromatic N) is 1. The van der Waals surface area contributed by atoms with E-state index in [-0.39, 0.29) is 18.9 Å². The zero-order chi connectivity index (χ0) is 20.4. The molecule has 2 aromatic carbocycles. The molecule has 0 bridgehead atoms. The van der Waals surface area contributed by atoms with E-state index in [0.29, 0.717) is 5.01 Å². The molecule has 0 spiro atoms. The number of aromatic nitrogens is 1. The largest absolute Gasteiger partial charge is 0.481 e. The number of aliphatic carboxylic acids is 1. The fourth-order valence-corrected chi connectivity index (χ4v) is 4.52. The Kier molecular flexibility index (Phi) is 5.31. The third-order valence-corrected chi connectivity index (χ3v) is 5.98. The Balaban J connectivity index is 1.47. The van der Waals surface area contributed by atoms with Crippen molar-refractivity contribution in [2.75, 3.05) is 6.61 Å². The topological polar surface area (TPSA) is 88.5 Å². The van der Waals surface area contributed by atoms with Gasteiger partial charge in [-0.3, -0.25) is 4.79 Å². The number of alkyl carbamates (subject to hydrolysis) is 1. The molecule has 29 heavy (non-hydrogen) atoms. The van der Waals surface area contributed by atoms with E-state index in [4.69, 9.17) is 4.74 Å². The Morgan fingerprint density at radius 2 is 1.76 bits per heavy atom. The van der Waals surface area contributed by atoms with Crippen LogP contribution in [0.5, 0.6) is 0 Å². The summed E-state index contributed by atoms with van der Waals surface area (Å²) >= 11 is 1.36. The predicted molar refractivity (Wildman–Crippen MR) is 110 cm³/mol. The molecule has 6 nitrogen and oxygen atoms in total. The van der Waals surface area contributed by atoms with Crippen molar-refractivity contribution < 1.29 is 19.4 Å². The minimum absolute atomic E-state index is 0.0480. The second-order valence-corrected chi connectivity index (χ2v) is 8.20. The number of rotatable bonds is 6. The number of amides is 1. The predicted octanol–water partition coefficient (Wildman–Crippen LogP) is 4.51. The summed E-state index contributed by atoms with van der Waals surface area (Å²) < 4.78 is 5.51. The van der Waals surface area contributed by atoms with E-state index in [1.54, 1.807) is 6.20 Å². The molecule has 3 aromatic rings. The number of ether oxygens (including phenoxy) is 1. The van der Waals surface area contributed by atoms with Crippen molar-refractivity contribution in [3.63, 3.8) is 0 Å². The van der Waals surface area contributed by atoms with Gasteiger partial charge in [0.1, 0.15) is 11.6 Å². The van der Waals surface area contributed by atoms with Gasteiger partial charge in [-0.1, -0.05) is 48.5 Å². The Labute approximate surface area is 172 Å². The third kappa shape index (κ3) is 4.00. The Hall–Kier alpha value is -3.19. The van der Waals surface area contributed by atoms with Crippen molar-refractivity contribution in [1.29, 1.82) is 0 Å². The van der Waals surface area contributed by atoms with Crippen molar-refractivity contribution >= 4 is 23.4 Å². The van der Waals surface area contributed by atoms with Gasteiger partial charge in [-0.25, -0.2) is 9.78 Å². The van der Waals surface area contributed by atoms with Gasteiger partial charge in [0, 0.05) is 17.0 Å². The number of aryl methyl sites for hydroxylation is 1. The van der Waals surface area contributed by atoms with Crippen LogP contribution in [0.15, 0.2) is 54.7 Å². The van der Waals surface area contributed by atoms with Gasteiger partial charge in [0.15, 0.2) is 0 Å². The van der Waals surface area contributed by atoms with Gasteiger partial charge < -0.3 is 15.2 Å². The number of carboxylic acid groups (broad SMARTS) is 1. The standard InChI is InChI=1S/C22H20N2O4S/c1-13-11-23-21(29-13)19(10-20(25)26)24-22(27)28-12-18-16-8-4-2-6-14(16)15-7-3-5-9-17(15)18/h2-9,11,18-19H,10,12H2,1H3,(H,24,27)(H,25,26). The third-order valence-electron chi connectivity index (χ3n) is 4.95. The molecule has 1 atom stereocenters. The van der Waals surface area contributed by atoms with Gasteiger partial charge in [0.2, 0.25) is 0 Å². The summed E-state index contributed by atoms with van der Waals surface area (Å²) in [6, 6.07) is 15.5. The maximum Gasteiger partial charge on any atom is 0.407 e. The minimum Gasteiger partial charge on any atom is -0.481 e. The van der Waals surface area contributed by atoms with E-state index in [9.17, 15) is 14.7 Å². The smallest absolute Gasteiger partial charge is 0.407 e. The Bertz CT molecular complexity index is 1020. The van der Waals surface area contributed by atoms with Crippen molar-refractivity contribution in [1.82, 2.24) is 10.3 Å². The van der Waals surface area contributed by atoms with Crippen LogP contribution in [0.25, 0.3) is 11.1 Å². The number of carbonyl (C=O) groups excluding carboxylic acids is 1. The summed E-state index contributed by atoms with van der Waals surface area (Å²) in [7, 11) is 0. The molecule has 1 amide bonds. The highest BCUT2D eigenvalue weighted by atomic mass is 32.1. The van der Waals surface area contributed by atoms with Gasteiger partial charge in [-0.05, 0) is 29.2 Å². The van der Waals surface area contributed by atoms with E-state index < -0.39 is 18.1 Å². The average Bonchev–Trinajstić information content (AvgIpc) is 3.27. The molecule has 4 rings (SSSR count). The first-order chi connectivity index (χ1) is 14.0. The number of carbonyl (C=O) groups is 2. The van der Waals surface area contributed by atoms with Crippen LogP contribution in [0.3, 0.4) is 0 Å². The van der Waals surface area contributed by atoms with E-state index in [0.717, 1.165) is 27.1 Å². The van der Waals surface area contributed by atoms with Crippen molar-refractivity contribution in [3.8, 4) is 11.1 Å². The maximum atomic E-state index is 12.4. The average molecular weight is 408 g/mol. The molecule has 0 radical (unpaired) electrons. The molecule has 1 aliphatic rings. The summed E-state index contributed by atoms with van der Waals surface area (Å²) in [5.41, 5.74) is 4.55. The van der Waals surface area contributed by atoms with Crippen LogP contribution < -0.4 is 5.32 Å². The van der Waals surface area contributed by atoms with Gasteiger partial charge >= 0.3 is 12.1 Å². The van der Waals surface area contributed by atoms with E-state index in [1.165, 1.54) is 11.3 Å². The van der Waals surface area contributed by atoms with Crippen molar-refractivity contribution in [2.45, 2.75) is 25.3 Å². The second-order valence-electron chi connectivity index (χ2n) is 6.93. The summed E-state index contributed by atoms with van der Waals surface area (Å²) in [6.45, 7) is 2.06. The molecule has 148 valence electrons. The lowest BCUT2D eigenvalue weighted by Crippen LogP contribution is -2.31. The van der Waals surface area contributed by atoms with Crippen LogP contribution in [0.4, 0.5) is 4.79 Å². The summed E-state index contributed by atoms with van der Waals surface area (Å²) in [5, 5.41) is 12.4. The van der Waals surface area contributed by atoms with Gasteiger partial charge in [-0.15, -0.1) is 11.3 Å². The molecule has 0 aliphatic heterocycles. The number of hydrogen-bond donors (Lipinski definition) is 2. The first-order valence-electron chi connectivity index (χ1n) is 9.28. The monoisotopic (exact) mass is 408 g/mol. The van der Waals surface area contributed by atoms with Crippen molar-refractivity contribution in [2.24, 2.45) is 0 Å². The summed E-state index contributed by atoms with van der Waals surface area (Å²) in [5.74, 6) is -1.06. The molecular weight excluding hydrogens is 388 g/mol. The maximum absolute atomic E-state index is 12.4. The van der Waals surface area contributed by atoms with E-state index >= 15 is 0 Å². The Morgan fingerprint density at radius 1 is 1.14 bits per heavy atom. The zero-order valence-corrected chi connectivity index (χ0v) is 16.6. The lowest BCUT2D eigenvalue weighted by atomic mass is 9.98. The highest BCUT2D eigenvalue weighted by molar-refractivity contribution is 7.11. The summed E-state index contributed by atoms with van der Waals surface area (Å²) in [4.78, 5) is 28.8. The molecular formula is C22H20N2O4S. The van der Waals surface area contributed by atoms with Gasteiger partial charge in [0.05, 0.1) is 12.5 Å². The highest BCUT2D eigenvalue weighted by Crippen LogP contribution is 2.44. The molecule has 1 unspecified atom stereocenters. The van der Waals surface area contributed by atoms with Crippen molar-refractivity contribution in [3.05, 3.63) is 75.7 Å². The molecule has 2 N–H and O–H groups in total. The molecule has 7 heteroatoms. The molecule has 1 heterocycles. The second kappa shape index (κ2) is 8.05. The first kappa shape index (κ1) is 19.1. The number of benzene rings is 2. The van der Waals surface area contributed by atoms with E-state index in [1.807, 2.05) is 43.3 Å². The van der Waals surface area contributed by atoms with Crippen LogP contribution in [-0.2, 0) is 9.53 Å². The number of fused-ring (bicyclic) bond motifs is 3. The quantitative estimate of drug-likeness (QED) is 0.627. The van der Waals surface area contributed by atoms with E-state index in [2.05, 4.69) is 22.4 Å². The van der Waals surface area contributed by atoms with Crippen LogP contribution in [0, 0.1) is 6.92 Å². The molecule has 1 aromatic heterocycles. The normalized spacial score (nSPS) is 13.4. The van der Waals surface area contributed by atoms with Crippen LogP contribution in [-0.4, -0.2) is 28.8 Å². The molecule has 0 fully saturated rings. The fourth-order valence-electron chi connectivity index (χ4n) is 3.69. The summed E-state index contributed by atoms with van der Waals surface area (Å²) in [6.07, 6.45) is 0.761. The number of carboxylic acids is 1. The number of hydrogen-bond acceptors (Lipinski definition) is 5. The van der Waals surface area contributed by atoms with Crippen LogP contribution in [0.1, 0.15) is 39.4 Å². The van der Waals surface area contributed by atoms with Crippen LogP contribution in [0.2, 0.25) is 0 Å². The Morgan fingerprint density at radius 3 is 2.31 bits per heavy atom. The number of nitrogens with one attached hydrogen (secondary N) is 1. The molecule has 0 saturated carbocycles. The highest BCUT2D eigenvalue weighted by Gasteiger charge is 2.29. The van der Waals surface area contributed by atoms with Gasteiger partial charge in [0.25, 0.3) is 0 Å². The van der Waals surface area contributed by atoms with Crippen LogP contribution >= 0.6 is 11.3 Å². The number of thiazole rings is 1. The lowest BCUT2D eigenvalue weighted by molar-refractivity contribution is -0.137. The SMILES string of the molecule is Cc1cnc(C(CC(=O)O)NC(=O)OCC2c3ccccc3-c3ccccc32)s1. The first-order valence-corrected chi connectivity index (χ1v) is 10.1. The molecule has 0 saturated heterocycles. The molecule has 1 aliphatic carbocycles. The fraction of sp³-hybridized carbons (Fsp3) is 0.227.